The van der Waals surface area contributed by atoms with Crippen LogP contribution >= 0.6 is 11.6 Å². The number of halogens is 1. The number of nitrogens with two attached hydrogens (primary N) is 1. The van der Waals surface area contributed by atoms with Crippen molar-refractivity contribution in [1.82, 2.24) is 14.8 Å². The summed E-state index contributed by atoms with van der Waals surface area (Å²) < 4.78 is 1.42. The molecule has 2 aromatic heterocycles. The number of carbonyl (C=O) groups excluding carboxylic acids is 1. The molecule has 7 heteroatoms. The van der Waals surface area contributed by atoms with E-state index in [4.69, 9.17) is 22.6 Å². The maximum Gasteiger partial charge on any atom is 0.268 e. The number of benzene rings is 1. The van der Waals surface area contributed by atoms with Crippen molar-refractivity contribution < 1.29 is 4.79 Å². The molecule has 0 spiro atoms. The second-order valence-electron chi connectivity index (χ2n) is 4.72. The summed E-state index contributed by atoms with van der Waals surface area (Å²) >= 11 is 5.94. The molecule has 0 aliphatic carbocycles. The molecule has 0 aliphatic heterocycles. The highest BCUT2D eigenvalue weighted by Gasteiger charge is 2.16. The highest BCUT2D eigenvalue weighted by molar-refractivity contribution is 6.31. The molecule has 6 nitrogen and oxygen atoms in total. The third-order valence-electron chi connectivity index (χ3n) is 3.24. The standard InChI is InChI=1S/C15H10ClN5O/c16-12-4-10-3-9(1-2-13(10)19-7-12)8-21-14(15(18)22)11(5-17)6-20-21/h1-4,6-7H,8H2,(H2,18,22). The van der Waals surface area contributed by atoms with Crippen molar-refractivity contribution in [1.29, 1.82) is 5.26 Å². The van der Waals surface area contributed by atoms with Crippen LogP contribution in [-0.2, 0) is 6.54 Å². The lowest BCUT2D eigenvalue weighted by molar-refractivity contribution is 0.0990. The molecule has 0 aliphatic rings. The van der Waals surface area contributed by atoms with E-state index in [-0.39, 0.29) is 11.3 Å². The van der Waals surface area contributed by atoms with E-state index in [1.54, 1.807) is 6.20 Å². The fourth-order valence-corrected chi connectivity index (χ4v) is 2.44. The molecule has 0 fully saturated rings. The number of amides is 1. The summed E-state index contributed by atoms with van der Waals surface area (Å²) in [5.74, 6) is -0.681. The first kappa shape index (κ1) is 14.0. The predicted molar refractivity (Wildman–Crippen MR) is 81.3 cm³/mol. The first-order valence-electron chi connectivity index (χ1n) is 6.38. The normalized spacial score (nSPS) is 10.5. The summed E-state index contributed by atoms with van der Waals surface area (Å²) in [6.07, 6.45) is 2.92. The van der Waals surface area contributed by atoms with Crippen molar-refractivity contribution in [3.63, 3.8) is 0 Å². The van der Waals surface area contributed by atoms with Gasteiger partial charge >= 0.3 is 0 Å². The van der Waals surface area contributed by atoms with Crippen molar-refractivity contribution in [2.45, 2.75) is 6.54 Å². The Morgan fingerprint density at radius 2 is 2.18 bits per heavy atom. The van der Waals surface area contributed by atoms with Crippen molar-refractivity contribution in [2.24, 2.45) is 5.73 Å². The fraction of sp³-hybridized carbons (Fsp3) is 0.0667. The Kier molecular flexibility index (Phi) is 3.49. The van der Waals surface area contributed by atoms with E-state index in [2.05, 4.69) is 10.1 Å². The number of nitrogens with zero attached hydrogens (tertiary/aromatic N) is 4. The smallest absolute Gasteiger partial charge is 0.268 e. The molecule has 1 amide bonds. The van der Waals surface area contributed by atoms with E-state index < -0.39 is 5.91 Å². The topological polar surface area (TPSA) is 97.6 Å². The monoisotopic (exact) mass is 311 g/mol. The lowest BCUT2D eigenvalue weighted by atomic mass is 10.1. The zero-order valence-corrected chi connectivity index (χ0v) is 12.1. The molecule has 3 aromatic rings. The molecule has 0 bridgehead atoms. The molecule has 1 aromatic carbocycles. The number of carbonyl (C=O) groups is 1. The van der Waals surface area contributed by atoms with Crippen molar-refractivity contribution >= 4 is 28.4 Å². The predicted octanol–water partition coefficient (Wildman–Crippen LogP) is 2.10. The first-order chi connectivity index (χ1) is 10.6. The summed E-state index contributed by atoms with van der Waals surface area (Å²) in [5, 5.41) is 14.5. The second-order valence-corrected chi connectivity index (χ2v) is 5.16. The molecule has 0 saturated heterocycles. The maximum absolute atomic E-state index is 11.5. The van der Waals surface area contributed by atoms with Gasteiger partial charge in [-0.25, -0.2) is 0 Å². The Balaban J connectivity index is 2.02. The lowest BCUT2D eigenvalue weighted by Crippen LogP contribution is -2.19. The molecule has 2 heterocycles. The van der Waals surface area contributed by atoms with Gasteiger partial charge in [-0.15, -0.1) is 0 Å². The lowest BCUT2D eigenvalue weighted by Gasteiger charge is -2.07. The van der Waals surface area contributed by atoms with Gasteiger partial charge in [0.15, 0.2) is 0 Å². The number of fused-ring (bicyclic) bond motifs is 1. The summed E-state index contributed by atoms with van der Waals surface area (Å²) in [4.78, 5) is 15.7. The summed E-state index contributed by atoms with van der Waals surface area (Å²) in [6.45, 7) is 0.322. The Bertz CT molecular complexity index is 925. The summed E-state index contributed by atoms with van der Waals surface area (Å²) in [7, 11) is 0. The number of pyridine rings is 1. The number of aromatic nitrogens is 3. The molecule has 0 atom stereocenters. The zero-order valence-electron chi connectivity index (χ0n) is 11.3. The molecule has 0 unspecified atom stereocenters. The van der Waals surface area contributed by atoms with Crippen LogP contribution < -0.4 is 5.73 Å². The molecule has 3 rings (SSSR count). The van der Waals surface area contributed by atoms with Gasteiger partial charge in [-0.3, -0.25) is 14.5 Å². The van der Waals surface area contributed by atoms with Crippen LogP contribution in [0.25, 0.3) is 10.9 Å². The van der Waals surface area contributed by atoms with Crippen LogP contribution in [0.1, 0.15) is 21.6 Å². The van der Waals surface area contributed by atoms with Crippen LogP contribution in [-0.4, -0.2) is 20.7 Å². The Morgan fingerprint density at radius 3 is 2.91 bits per heavy atom. The van der Waals surface area contributed by atoms with Crippen molar-refractivity contribution in [3.05, 3.63) is 58.5 Å². The van der Waals surface area contributed by atoms with E-state index in [0.717, 1.165) is 16.5 Å². The maximum atomic E-state index is 11.5. The van der Waals surface area contributed by atoms with E-state index in [1.165, 1.54) is 10.9 Å². The third-order valence-corrected chi connectivity index (χ3v) is 3.44. The number of nitriles is 1. The molecule has 0 saturated carbocycles. The number of hydrogen-bond donors (Lipinski definition) is 1. The van der Waals surface area contributed by atoms with Gasteiger partial charge in [0.1, 0.15) is 17.3 Å². The van der Waals surface area contributed by atoms with Gasteiger partial charge < -0.3 is 5.73 Å². The minimum absolute atomic E-state index is 0.104. The highest BCUT2D eigenvalue weighted by Crippen LogP contribution is 2.19. The zero-order chi connectivity index (χ0) is 15.7. The summed E-state index contributed by atoms with van der Waals surface area (Å²) in [5.41, 5.74) is 7.31. The fourth-order valence-electron chi connectivity index (χ4n) is 2.27. The minimum atomic E-state index is -0.681. The van der Waals surface area contributed by atoms with Crippen molar-refractivity contribution in [2.75, 3.05) is 0 Å². The van der Waals surface area contributed by atoms with Crippen LogP contribution in [0, 0.1) is 11.3 Å². The minimum Gasteiger partial charge on any atom is -0.364 e. The molecule has 2 N–H and O–H groups in total. The van der Waals surface area contributed by atoms with Gasteiger partial charge in [-0.05, 0) is 23.8 Å². The molecular formula is C15H10ClN5O. The molecule has 22 heavy (non-hydrogen) atoms. The molecular weight excluding hydrogens is 302 g/mol. The number of hydrogen-bond acceptors (Lipinski definition) is 4. The highest BCUT2D eigenvalue weighted by atomic mass is 35.5. The van der Waals surface area contributed by atoms with Crippen LogP contribution in [0.15, 0.2) is 36.7 Å². The average molecular weight is 312 g/mol. The Morgan fingerprint density at radius 1 is 1.36 bits per heavy atom. The largest absolute Gasteiger partial charge is 0.364 e. The SMILES string of the molecule is N#Cc1cnn(Cc2ccc3ncc(Cl)cc3c2)c1C(N)=O. The average Bonchev–Trinajstić information content (AvgIpc) is 2.89. The quantitative estimate of drug-likeness (QED) is 0.800. The van der Waals surface area contributed by atoms with Gasteiger partial charge in [0, 0.05) is 11.6 Å². The second kappa shape index (κ2) is 5.47. The van der Waals surface area contributed by atoms with Gasteiger partial charge in [-0.1, -0.05) is 17.7 Å². The van der Waals surface area contributed by atoms with Gasteiger partial charge in [0.2, 0.25) is 0 Å². The van der Waals surface area contributed by atoms with Gasteiger partial charge in [0.05, 0.1) is 23.3 Å². The van der Waals surface area contributed by atoms with E-state index in [9.17, 15) is 4.79 Å². The van der Waals surface area contributed by atoms with Crippen LogP contribution in [0.4, 0.5) is 0 Å². The van der Waals surface area contributed by atoms with E-state index in [1.807, 2.05) is 30.3 Å². The first-order valence-corrected chi connectivity index (χ1v) is 6.76. The molecule has 0 radical (unpaired) electrons. The van der Waals surface area contributed by atoms with Gasteiger partial charge in [-0.2, -0.15) is 10.4 Å². The van der Waals surface area contributed by atoms with Crippen LogP contribution in [0.2, 0.25) is 5.02 Å². The Hall–Kier alpha value is -2.91. The Labute approximate surface area is 130 Å². The summed E-state index contributed by atoms with van der Waals surface area (Å²) in [6, 6.07) is 9.37. The molecule has 108 valence electrons. The van der Waals surface area contributed by atoms with E-state index >= 15 is 0 Å². The van der Waals surface area contributed by atoms with E-state index in [0.29, 0.717) is 11.6 Å². The number of rotatable bonds is 3. The van der Waals surface area contributed by atoms with Crippen molar-refractivity contribution in [3.8, 4) is 6.07 Å². The van der Waals surface area contributed by atoms with Crippen LogP contribution in [0.5, 0.6) is 0 Å². The van der Waals surface area contributed by atoms with Crippen LogP contribution in [0.3, 0.4) is 0 Å². The van der Waals surface area contributed by atoms with Gasteiger partial charge in [0.25, 0.3) is 5.91 Å². The number of primary amides is 1. The third kappa shape index (κ3) is 2.50.